The van der Waals surface area contributed by atoms with Crippen LogP contribution < -0.4 is 10.5 Å². The minimum atomic E-state index is -0.233. The zero-order valence-electron chi connectivity index (χ0n) is 15.0. The van der Waals surface area contributed by atoms with Gasteiger partial charge in [0.05, 0.1) is 5.71 Å². The van der Waals surface area contributed by atoms with Gasteiger partial charge in [-0.2, -0.15) is 0 Å². The molecule has 1 aromatic heterocycles. The number of anilines is 1. The Balaban J connectivity index is 1.88. The minimum absolute atomic E-state index is 0.179. The van der Waals surface area contributed by atoms with E-state index in [0.717, 1.165) is 15.3 Å². The Hall–Kier alpha value is -2.50. The van der Waals surface area contributed by atoms with Gasteiger partial charge in [-0.05, 0) is 48.8 Å². The molecule has 0 saturated carbocycles. The van der Waals surface area contributed by atoms with E-state index in [2.05, 4.69) is 17.1 Å². The number of phenolic OH excluding ortho intramolecular Hbond substituents is 2. The first kappa shape index (κ1) is 19.3. The molecule has 0 saturated heterocycles. The largest absolute Gasteiger partial charge is 0.504 e. The maximum atomic E-state index is 9.96. The van der Waals surface area contributed by atoms with Gasteiger partial charge in [0.1, 0.15) is 9.76 Å². The SMILES string of the molecule is Cc1nnc(PC(C)Cc2cc(O)c(O)cc2C(=N)c2ccc(N)cc2)s1. The van der Waals surface area contributed by atoms with Crippen LogP contribution in [0.25, 0.3) is 0 Å². The molecule has 0 aliphatic rings. The summed E-state index contributed by atoms with van der Waals surface area (Å²) in [5.74, 6) is -0.412. The van der Waals surface area contributed by atoms with Gasteiger partial charge < -0.3 is 15.9 Å². The predicted octanol–water partition coefficient (Wildman–Crippen LogP) is 3.19. The molecule has 5 N–H and O–H groups in total. The van der Waals surface area contributed by atoms with Gasteiger partial charge in [-0.3, -0.25) is 5.41 Å². The smallest absolute Gasteiger partial charge is 0.158 e. The molecule has 0 amide bonds. The van der Waals surface area contributed by atoms with E-state index in [9.17, 15) is 10.2 Å². The van der Waals surface area contributed by atoms with Gasteiger partial charge in [0.15, 0.2) is 11.5 Å². The molecular formula is C19H21N4O2PS. The molecule has 3 aromatic rings. The highest BCUT2D eigenvalue weighted by Crippen LogP contribution is 2.33. The fourth-order valence-corrected chi connectivity index (χ4v) is 5.35. The number of hydrogen-bond donors (Lipinski definition) is 4. The van der Waals surface area contributed by atoms with Crippen molar-refractivity contribution >= 4 is 36.1 Å². The van der Waals surface area contributed by atoms with Gasteiger partial charge in [0.2, 0.25) is 0 Å². The summed E-state index contributed by atoms with van der Waals surface area (Å²) in [5, 5.41) is 37.7. The van der Waals surface area contributed by atoms with Gasteiger partial charge >= 0.3 is 0 Å². The summed E-state index contributed by atoms with van der Waals surface area (Å²) in [4.78, 5) is 0. The Morgan fingerprint density at radius 3 is 2.48 bits per heavy atom. The quantitative estimate of drug-likeness (QED) is 0.219. The molecule has 27 heavy (non-hydrogen) atoms. The molecule has 2 aromatic carbocycles. The summed E-state index contributed by atoms with van der Waals surface area (Å²) < 4.78 is 0.998. The number of hydrogen-bond acceptors (Lipinski definition) is 7. The van der Waals surface area contributed by atoms with Gasteiger partial charge in [-0.1, -0.05) is 39.0 Å². The first-order valence-corrected chi connectivity index (χ1v) is 10.3. The fourth-order valence-electron chi connectivity index (χ4n) is 2.77. The van der Waals surface area contributed by atoms with Gasteiger partial charge in [-0.15, -0.1) is 10.2 Å². The molecule has 0 fully saturated rings. The molecule has 1 heterocycles. The van der Waals surface area contributed by atoms with Crippen molar-refractivity contribution in [3.05, 3.63) is 58.1 Å². The number of nitrogens with one attached hydrogen (secondary N) is 1. The Labute approximate surface area is 163 Å². The minimum Gasteiger partial charge on any atom is -0.504 e. The van der Waals surface area contributed by atoms with E-state index in [1.807, 2.05) is 6.92 Å². The Bertz CT molecular complexity index is 972. The van der Waals surface area contributed by atoms with Crippen LogP contribution in [0.4, 0.5) is 5.69 Å². The average molecular weight is 400 g/mol. The Morgan fingerprint density at radius 1 is 1.19 bits per heavy atom. The highest BCUT2D eigenvalue weighted by Gasteiger charge is 2.17. The van der Waals surface area contributed by atoms with Crippen molar-refractivity contribution in [1.29, 1.82) is 5.41 Å². The van der Waals surface area contributed by atoms with Gasteiger partial charge in [-0.25, -0.2) is 0 Å². The molecule has 2 unspecified atom stereocenters. The number of nitrogens with two attached hydrogens (primary N) is 1. The van der Waals surface area contributed by atoms with Crippen LogP contribution in [0, 0.1) is 12.3 Å². The summed E-state index contributed by atoms with van der Waals surface area (Å²) in [5.41, 5.74) is 9.01. The molecule has 2 atom stereocenters. The number of nitrogen functional groups attached to an aromatic ring is 1. The normalized spacial score (nSPS) is 12.5. The van der Waals surface area contributed by atoms with Crippen molar-refractivity contribution in [3.63, 3.8) is 0 Å². The monoisotopic (exact) mass is 400 g/mol. The molecule has 0 bridgehead atoms. The zero-order valence-corrected chi connectivity index (χ0v) is 16.8. The third kappa shape index (κ3) is 4.62. The fraction of sp³-hybridized carbons (Fsp3) is 0.211. The van der Waals surface area contributed by atoms with E-state index < -0.39 is 0 Å². The topological polar surface area (TPSA) is 116 Å². The van der Waals surface area contributed by atoms with Crippen LogP contribution in [-0.4, -0.2) is 31.8 Å². The summed E-state index contributed by atoms with van der Waals surface area (Å²) >= 11 is 1.59. The van der Waals surface area contributed by atoms with Crippen LogP contribution in [-0.2, 0) is 6.42 Å². The Morgan fingerprint density at radius 2 is 1.85 bits per heavy atom. The molecule has 6 nitrogen and oxygen atoms in total. The lowest BCUT2D eigenvalue weighted by Crippen LogP contribution is -2.11. The van der Waals surface area contributed by atoms with E-state index in [1.165, 1.54) is 6.07 Å². The third-order valence-electron chi connectivity index (χ3n) is 4.09. The molecule has 3 rings (SSSR count). The molecule has 0 aliphatic heterocycles. The molecule has 0 spiro atoms. The molecule has 8 heteroatoms. The number of aromatic nitrogens is 2. The summed E-state index contributed by atoms with van der Waals surface area (Å²) in [6.45, 7) is 4.04. The van der Waals surface area contributed by atoms with E-state index >= 15 is 0 Å². The summed E-state index contributed by atoms with van der Waals surface area (Å²) in [7, 11) is 0.487. The third-order valence-corrected chi connectivity index (χ3v) is 6.45. The summed E-state index contributed by atoms with van der Waals surface area (Å²) in [6.07, 6.45) is 0.650. The lowest BCUT2D eigenvalue weighted by Gasteiger charge is -2.16. The first-order chi connectivity index (χ1) is 12.8. The van der Waals surface area contributed by atoms with E-state index in [-0.39, 0.29) is 22.9 Å². The second-order valence-electron chi connectivity index (χ2n) is 6.37. The number of nitrogens with zero attached hydrogens (tertiary/aromatic N) is 2. The molecule has 0 radical (unpaired) electrons. The number of phenols is 2. The van der Waals surface area contributed by atoms with Crippen LogP contribution in [0.1, 0.15) is 28.6 Å². The molecular weight excluding hydrogens is 379 g/mol. The highest BCUT2D eigenvalue weighted by molar-refractivity contribution is 7.56. The van der Waals surface area contributed by atoms with E-state index in [4.69, 9.17) is 11.1 Å². The zero-order chi connectivity index (χ0) is 19.6. The second kappa shape index (κ2) is 8.03. The van der Waals surface area contributed by atoms with Crippen LogP contribution in [0.3, 0.4) is 0 Å². The summed E-state index contributed by atoms with van der Waals surface area (Å²) in [6, 6.07) is 10.0. The standard InChI is InChI=1S/C19H21N4O2PS/c1-10(26-19-23-22-11(2)27-19)7-13-8-16(24)17(25)9-15(13)18(21)12-3-5-14(20)6-4-12/h3-6,8-10,21,24-26H,7,20H2,1-2H3. The number of benzene rings is 2. The van der Waals surface area contributed by atoms with Gasteiger partial charge in [0.25, 0.3) is 0 Å². The number of aryl methyl sites for hydroxylation is 1. The van der Waals surface area contributed by atoms with Crippen LogP contribution in [0.2, 0.25) is 0 Å². The number of aromatic hydroxyl groups is 2. The maximum absolute atomic E-state index is 9.96. The van der Waals surface area contributed by atoms with Crippen LogP contribution >= 0.6 is 19.9 Å². The lowest BCUT2D eigenvalue weighted by atomic mass is 9.94. The van der Waals surface area contributed by atoms with Crippen molar-refractivity contribution in [2.45, 2.75) is 25.9 Å². The van der Waals surface area contributed by atoms with Crippen LogP contribution in [0.5, 0.6) is 11.5 Å². The molecule has 0 aliphatic carbocycles. The average Bonchev–Trinajstić information content (AvgIpc) is 3.02. The first-order valence-electron chi connectivity index (χ1n) is 8.40. The molecule has 140 valence electrons. The van der Waals surface area contributed by atoms with E-state index in [0.29, 0.717) is 31.8 Å². The van der Waals surface area contributed by atoms with Crippen LogP contribution in [0.15, 0.2) is 36.4 Å². The van der Waals surface area contributed by atoms with Crippen molar-refractivity contribution in [2.24, 2.45) is 0 Å². The van der Waals surface area contributed by atoms with E-state index in [1.54, 1.807) is 41.7 Å². The van der Waals surface area contributed by atoms with Crippen molar-refractivity contribution in [3.8, 4) is 11.5 Å². The Kier molecular flexibility index (Phi) is 5.73. The van der Waals surface area contributed by atoms with Crippen molar-refractivity contribution < 1.29 is 10.2 Å². The maximum Gasteiger partial charge on any atom is 0.158 e. The second-order valence-corrected chi connectivity index (χ2v) is 9.66. The number of rotatable bonds is 6. The predicted molar refractivity (Wildman–Crippen MR) is 112 cm³/mol. The highest BCUT2D eigenvalue weighted by atomic mass is 32.1. The lowest BCUT2D eigenvalue weighted by molar-refractivity contribution is 0.403. The van der Waals surface area contributed by atoms with Crippen molar-refractivity contribution in [1.82, 2.24) is 10.2 Å². The van der Waals surface area contributed by atoms with Gasteiger partial charge in [0, 0.05) is 16.8 Å². The van der Waals surface area contributed by atoms with Crippen molar-refractivity contribution in [2.75, 3.05) is 5.73 Å².